The van der Waals surface area contributed by atoms with Gasteiger partial charge in [0.1, 0.15) is 5.82 Å². The van der Waals surface area contributed by atoms with Gasteiger partial charge in [-0.15, -0.1) is 10.2 Å². The number of nitrogens with one attached hydrogen (secondary N) is 1. The first-order valence-corrected chi connectivity index (χ1v) is 10.8. The predicted octanol–water partition coefficient (Wildman–Crippen LogP) is 4.27. The van der Waals surface area contributed by atoms with Gasteiger partial charge >= 0.3 is 0 Å². The van der Waals surface area contributed by atoms with E-state index in [4.69, 9.17) is 0 Å². The van der Waals surface area contributed by atoms with Crippen LogP contribution < -0.4 is 5.32 Å². The number of hydrogen-bond donors (Lipinski definition) is 1. The molecule has 0 bridgehead atoms. The number of thioether (sulfide) groups is 1. The normalized spacial score (nSPS) is 10.8. The summed E-state index contributed by atoms with van der Waals surface area (Å²) in [7, 11) is 0. The Morgan fingerprint density at radius 1 is 1.00 bits per heavy atom. The van der Waals surface area contributed by atoms with Crippen molar-refractivity contribution in [3.63, 3.8) is 0 Å². The molecule has 152 valence electrons. The van der Waals surface area contributed by atoms with Crippen LogP contribution in [0.3, 0.4) is 0 Å². The van der Waals surface area contributed by atoms with Gasteiger partial charge in [0.25, 0.3) is 0 Å². The zero-order chi connectivity index (χ0) is 20.8. The van der Waals surface area contributed by atoms with Crippen molar-refractivity contribution in [2.75, 3.05) is 11.1 Å². The molecule has 0 aliphatic heterocycles. The van der Waals surface area contributed by atoms with E-state index in [0.717, 1.165) is 30.0 Å². The molecule has 0 fully saturated rings. The quantitative estimate of drug-likeness (QED) is 0.432. The minimum Gasteiger partial charge on any atom is -0.310 e. The van der Waals surface area contributed by atoms with Gasteiger partial charge in [0.05, 0.1) is 11.9 Å². The Kier molecular flexibility index (Phi) is 6.24. The van der Waals surface area contributed by atoms with Gasteiger partial charge in [0.15, 0.2) is 11.0 Å². The fourth-order valence-electron chi connectivity index (χ4n) is 3.09. The fraction of sp³-hybridized carbons (Fsp3) is 0.182. The van der Waals surface area contributed by atoms with Crippen molar-refractivity contribution in [1.29, 1.82) is 0 Å². The van der Waals surface area contributed by atoms with Gasteiger partial charge in [0.2, 0.25) is 5.91 Å². The van der Waals surface area contributed by atoms with Gasteiger partial charge < -0.3 is 5.32 Å². The van der Waals surface area contributed by atoms with Crippen LogP contribution >= 0.6 is 11.8 Å². The van der Waals surface area contributed by atoms with E-state index in [9.17, 15) is 4.79 Å². The Bertz CT molecular complexity index is 1110. The van der Waals surface area contributed by atoms with E-state index in [1.807, 2.05) is 65.2 Å². The summed E-state index contributed by atoms with van der Waals surface area (Å²) < 4.78 is 3.77. The molecule has 0 unspecified atom stereocenters. The van der Waals surface area contributed by atoms with Gasteiger partial charge in [-0.3, -0.25) is 9.36 Å². The fourth-order valence-corrected chi connectivity index (χ4v) is 3.84. The second kappa shape index (κ2) is 9.41. The molecular formula is C22H22N6OS. The van der Waals surface area contributed by atoms with Gasteiger partial charge in [0, 0.05) is 23.9 Å². The standard InChI is InChI=1S/C22H22N6OS/c1-2-15-27-19(13-14-23-27)24-20(29)16-30-22-26-25-21(17-9-5-3-6-10-17)28(22)18-11-7-4-8-12-18/h3-14H,2,15-16H2,1H3,(H,24,29). The molecular weight excluding hydrogens is 396 g/mol. The third kappa shape index (κ3) is 4.44. The maximum absolute atomic E-state index is 12.5. The van der Waals surface area contributed by atoms with Crippen LogP contribution in [0.1, 0.15) is 13.3 Å². The topological polar surface area (TPSA) is 77.6 Å². The third-order valence-corrected chi connectivity index (χ3v) is 5.36. The highest BCUT2D eigenvalue weighted by Crippen LogP contribution is 2.27. The summed E-state index contributed by atoms with van der Waals surface area (Å²) in [5.41, 5.74) is 1.92. The molecule has 0 aliphatic rings. The van der Waals surface area contributed by atoms with Crippen molar-refractivity contribution >= 4 is 23.5 Å². The number of aryl methyl sites for hydroxylation is 1. The number of rotatable bonds is 8. The molecule has 1 amide bonds. The van der Waals surface area contributed by atoms with Crippen molar-refractivity contribution in [2.45, 2.75) is 25.0 Å². The smallest absolute Gasteiger partial charge is 0.235 e. The molecule has 7 nitrogen and oxygen atoms in total. The first kappa shape index (κ1) is 19.9. The van der Waals surface area contributed by atoms with Gasteiger partial charge in [-0.1, -0.05) is 67.2 Å². The number of anilines is 1. The van der Waals surface area contributed by atoms with E-state index in [0.29, 0.717) is 11.0 Å². The van der Waals surface area contributed by atoms with E-state index in [2.05, 4.69) is 27.5 Å². The first-order valence-electron chi connectivity index (χ1n) is 9.77. The number of amides is 1. The molecule has 0 aliphatic carbocycles. The van der Waals surface area contributed by atoms with E-state index in [1.165, 1.54) is 11.8 Å². The number of benzene rings is 2. The monoisotopic (exact) mass is 418 g/mol. The zero-order valence-corrected chi connectivity index (χ0v) is 17.4. The molecule has 0 atom stereocenters. The van der Waals surface area contributed by atoms with Crippen LogP contribution in [0.2, 0.25) is 0 Å². The summed E-state index contributed by atoms with van der Waals surface area (Å²) in [4.78, 5) is 12.5. The highest BCUT2D eigenvalue weighted by molar-refractivity contribution is 7.99. The lowest BCUT2D eigenvalue weighted by molar-refractivity contribution is -0.113. The van der Waals surface area contributed by atoms with Crippen LogP contribution in [0.25, 0.3) is 17.1 Å². The average Bonchev–Trinajstić information content (AvgIpc) is 3.41. The Morgan fingerprint density at radius 3 is 2.47 bits per heavy atom. The molecule has 0 radical (unpaired) electrons. The lowest BCUT2D eigenvalue weighted by Gasteiger charge is -2.11. The molecule has 0 saturated heterocycles. The molecule has 4 rings (SSSR count). The SMILES string of the molecule is CCCn1nccc1NC(=O)CSc1nnc(-c2ccccc2)n1-c1ccccc1. The second-order valence-electron chi connectivity index (χ2n) is 6.62. The number of hydrogen-bond acceptors (Lipinski definition) is 5. The molecule has 2 heterocycles. The minimum absolute atomic E-state index is 0.110. The third-order valence-electron chi connectivity index (χ3n) is 4.43. The number of aromatic nitrogens is 5. The molecule has 4 aromatic rings. The molecule has 2 aromatic heterocycles. The van der Waals surface area contributed by atoms with Crippen LogP contribution in [0, 0.1) is 0 Å². The van der Waals surface area contributed by atoms with Crippen LogP contribution in [-0.2, 0) is 11.3 Å². The highest BCUT2D eigenvalue weighted by atomic mass is 32.2. The molecule has 30 heavy (non-hydrogen) atoms. The maximum atomic E-state index is 12.5. The number of nitrogens with zero attached hydrogens (tertiary/aromatic N) is 5. The lowest BCUT2D eigenvalue weighted by atomic mass is 10.2. The van der Waals surface area contributed by atoms with Crippen molar-refractivity contribution in [3.05, 3.63) is 72.9 Å². The number of carbonyl (C=O) groups is 1. The van der Waals surface area contributed by atoms with Gasteiger partial charge in [-0.25, -0.2) is 4.68 Å². The summed E-state index contributed by atoms with van der Waals surface area (Å²) in [6.45, 7) is 2.84. The summed E-state index contributed by atoms with van der Waals surface area (Å²) in [5, 5.41) is 16.6. The van der Waals surface area contributed by atoms with Crippen LogP contribution in [0.5, 0.6) is 0 Å². The van der Waals surface area contributed by atoms with E-state index >= 15 is 0 Å². The lowest BCUT2D eigenvalue weighted by Crippen LogP contribution is -2.17. The predicted molar refractivity (Wildman–Crippen MR) is 119 cm³/mol. The summed E-state index contributed by atoms with van der Waals surface area (Å²) in [6.07, 6.45) is 2.64. The van der Waals surface area contributed by atoms with Gasteiger partial charge in [-0.05, 0) is 18.6 Å². The number of para-hydroxylation sites is 1. The zero-order valence-electron chi connectivity index (χ0n) is 16.6. The Hall–Kier alpha value is -3.39. The maximum Gasteiger partial charge on any atom is 0.235 e. The Labute approximate surface area is 179 Å². The molecule has 0 spiro atoms. The number of carbonyl (C=O) groups excluding carboxylic acids is 1. The second-order valence-corrected chi connectivity index (χ2v) is 7.56. The van der Waals surface area contributed by atoms with E-state index < -0.39 is 0 Å². The van der Waals surface area contributed by atoms with Crippen LogP contribution in [-0.4, -0.2) is 36.2 Å². The van der Waals surface area contributed by atoms with Crippen LogP contribution in [0.4, 0.5) is 5.82 Å². The van der Waals surface area contributed by atoms with E-state index in [-0.39, 0.29) is 11.7 Å². The molecule has 2 aromatic carbocycles. The Morgan fingerprint density at radius 2 is 1.73 bits per heavy atom. The Balaban J connectivity index is 1.55. The summed E-state index contributed by atoms with van der Waals surface area (Å²) >= 11 is 1.35. The van der Waals surface area contributed by atoms with Crippen molar-refractivity contribution < 1.29 is 4.79 Å². The average molecular weight is 419 g/mol. The first-order chi connectivity index (χ1) is 14.8. The minimum atomic E-state index is -0.110. The largest absolute Gasteiger partial charge is 0.310 e. The van der Waals surface area contributed by atoms with Gasteiger partial charge in [-0.2, -0.15) is 5.10 Å². The van der Waals surface area contributed by atoms with Crippen LogP contribution in [0.15, 0.2) is 78.1 Å². The summed E-state index contributed by atoms with van der Waals surface area (Å²) in [5.74, 6) is 1.56. The molecule has 0 saturated carbocycles. The van der Waals surface area contributed by atoms with Crippen molar-refractivity contribution in [2.24, 2.45) is 0 Å². The molecule has 8 heteroatoms. The van der Waals surface area contributed by atoms with E-state index in [1.54, 1.807) is 16.9 Å². The highest BCUT2D eigenvalue weighted by Gasteiger charge is 2.17. The van der Waals surface area contributed by atoms with Crippen molar-refractivity contribution in [1.82, 2.24) is 24.5 Å². The van der Waals surface area contributed by atoms with Crippen molar-refractivity contribution in [3.8, 4) is 17.1 Å². The summed E-state index contributed by atoms with van der Waals surface area (Å²) in [6, 6.07) is 21.6. The molecule has 1 N–H and O–H groups in total.